The highest BCUT2D eigenvalue weighted by Crippen LogP contribution is 2.18. The molecule has 0 saturated carbocycles. The summed E-state index contributed by atoms with van der Waals surface area (Å²) in [4.78, 5) is 45.3. The summed E-state index contributed by atoms with van der Waals surface area (Å²) in [5.74, 6) is -3.11. The molecule has 4 rings (SSSR count). The molecule has 0 bridgehead atoms. The molecule has 1 atom stereocenters. The van der Waals surface area contributed by atoms with E-state index in [1.165, 1.54) is 40.0 Å². The van der Waals surface area contributed by atoms with E-state index in [1.807, 2.05) is 30.3 Å². The van der Waals surface area contributed by atoms with E-state index in [-0.39, 0.29) is 11.1 Å². The molecule has 9 heteroatoms. The molecule has 204 valence electrons. The first-order valence-electron chi connectivity index (χ1n) is 12.2. The van der Waals surface area contributed by atoms with Gasteiger partial charge in [-0.25, -0.2) is 13.6 Å². The standard InChI is InChI=1S/C14H11F2NO2.C13H11NO3.C3H8/c1-9(10-4-5-12(15)13(16)7-10)17-6-2-3-11(8-18)14(17)19;15-12-11(13(16)17)7-4-8-14(12)9-10-5-2-1-3-6-10;1-3-2/h2-9H,1H3;1-8H,9H2,(H,16,17);3H2,1-2H3/t9-;;/m0../s1. The number of pyridine rings is 2. The molecule has 0 spiro atoms. The number of nitrogens with zero attached hydrogens (tertiary/aromatic N) is 2. The predicted octanol–water partition coefficient (Wildman–Crippen LogP) is 5.56. The zero-order valence-electron chi connectivity index (χ0n) is 21.9. The lowest BCUT2D eigenvalue weighted by molar-refractivity contribution is 0.0694. The third kappa shape index (κ3) is 8.43. The molecule has 0 amide bonds. The minimum absolute atomic E-state index is 0.0249. The van der Waals surface area contributed by atoms with Gasteiger partial charge < -0.3 is 14.2 Å². The summed E-state index contributed by atoms with van der Waals surface area (Å²) in [6, 6.07) is 18.2. The molecule has 1 N–H and O–H groups in total. The van der Waals surface area contributed by atoms with Crippen molar-refractivity contribution >= 4 is 12.3 Å². The zero-order valence-corrected chi connectivity index (χ0v) is 21.9. The van der Waals surface area contributed by atoms with Gasteiger partial charge >= 0.3 is 5.97 Å². The summed E-state index contributed by atoms with van der Waals surface area (Å²) in [6.07, 6.45) is 4.81. The van der Waals surface area contributed by atoms with Crippen LogP contribution in [0.1, 0.15) is 65.1 Å². The number of benzene rings is 2. The van der Waals surface area contributed by atoms with Crippen LogP contribution in [0.25, 0.3) is 0 Å². The van der Waals surface area contributed by atoms with E-state index in [4.69, 9.17) is 5.11 Å². The number of carbonyl (C=O) groups is 2. The van der Waals surface area contributed by atoms with Crippen LogP contribution < -0.4 is 11.1 Å². The largest absolute Gasteiger partial charge is 0.477 e. The third-order valence-electron chi connectivity index (χ3n) is 5.42. The molecule has 7 nitrogen and oxygen atoms in total. The van der Waals surface area contributed by atoms with Gasteiger partial charge in [0.1, 0.15) is 5.56 Å². The average molecular weight is 537 g/mol. The number of aromatic carboxylic acids is 1. The number of carbonyl (C=O) groups excluding carboxylic acids is 1. The fraction of sp³-hybridized carbons (Fsp3) is 0.200. The third-order valence-corrected chi connectivity index (χ3v) is 5.42. The lowest BCUT2D eigenvalue weighted by Gasteiger charge is -2.16. The summed E-state index contributed by atoms with van der Waals surface area (Å²) >= 11 is 0. The Morgan fingerprint density at radius 2 is 1.54 bits per heavy atom. The van der Waals surface area contributed by atoms with Gasteiger partial charge in [-0.3, -0.25) is 14.4 Å². The molecule has 0 aliphatic rings. The smallest absolute Gasteiger partial charge is 0.341 e. The number of hydrogen-bond donors (Lipinski definition) is 1. The van der Waals surface area contributed by atoms with E-state index < -0.39 is 34.8 Å². The van der Waals surface area contributed by atoms with Crippen molar-refractivity contribution in [1.82, 2.24) is 9.13 Å². The van der Waals surface area contributed by atoms with E-state index in [9.17, 15) is 28.0 Å². The Morgan fingerprint density at radius 1 is 0.897 bits per heavy atom. The molecule has 0 unspecified atom stereocenters. The number of rotatable bonds is 6. The van der Waals surface area contributed by atoms with Crippen LogP contribution in [0, 0.1) is 11.6 Å². The van der Waals surface area contributed by atoms with Crippen LogP contribution in [0.3, 0.4) is 0 Å². The van der Waals surface area contributed by atoms with Crippen molar-refractivity contribution in [2.45, 2.75) is 39.8 Å². The highest BCUT2D eigenvalue weighted by Gasteiger charge is 2.13. The number of aldehydes is 1. The van der Waals surface area contributed by atoms with E-state index in [2.05, 4.69) is 13.8 Å². The van der Waals surface area contributed by atoms with Crippen LogP contribution in [0.15, 0.2) is 94.8 Å². The van der Waals surface area contributed by atoms with Gasteiger partial charge in [-0.15, -0.1) is 0 Å². The molecular weight excluding hydrogens is 506 g/mol. The Hall–Kier alpha value is -4.66. The first-order valence-corrected chi connectivity index (χ1v) is 12.2. The molecule has 0 aliphatic heterocycles. The Morgan fingerprint density at radius 3 is 2.13 bits per heavy atom. The summed E-state index contributed by atoms with van der Waals surface area (Å²) in [6.45, 7) is 6.30. The van der Waals surface area contributed by atoms with Crippen molar-refractivity contribution in [1.29, 1.82) is 0 Å². The number of carboxylic acids is 1. The van der Waals surface area contributed by atoms with Gasteiger partial charge in [-0.2, -0.15) is 0 Å². The van der Waals surface area contributed by atoms with Crippen LogP contribution in [-0.2, 0) is 6.54 Å². The van der Waals surface area contributed by atoms with Crippen molar-refractivity contribution in [3.05, 3.63) is 140 Å². The van der Waals surface area contributed by atoms with Gasteiger partial charge in [-0.05, 0) is 54.4 Å². The molecule has 2 aromatic carbocycles. The number of carboxylic acid groups (broad SMARTS) is 1. The Labute approximate surface area is 224 Å². The maximum atomic E-state index is 13.2. The minimum Gasteiger partial charge on any atom is -0.477 e. The molecule has 0 fully saturated rings. The lowest BCUT2D eigenvalue weighted by atomic mass is 10.1. The van der Waals surface area contributed by atoms with Crippen LogP contribution >= 0.6 is 0 Å². The first kappa shape index (κ1) is 30.6. The molecule has 2 heterocycles. The Balaban J connectivity index is 0.000000250. The fourth-order valence-electron chi connectivity index (χ4n) is 3.46. The summed E-state index contributed by atoms with van der Waals surface area (Å²) in [5.41, 5.74) is 0.278. The second kappa shape index (κ2) is 14.9. The van der Waals surface area contributed by atoms with E-state index in [1.54, 1.807) is 25.3 Å². The van der Waals surface area contributed by atoms with Crippen molar-refractivity contribution in [3.8, 4) is 0 Å². The molecule has 0 radical (unpaired) electrons. The first-order chi connectivity index (χ1) is 18.6. The van der Waals surface area contributed by atoms with Crippen molar-refractivity contribution in [3.63, 3.8) is 0 Å². The Bertz CT molecular complexity index is 1510. The van der Waals surface area contributed by atoms with Crippen LogP contribution in [0.5, 0.6) is 0 Å². The number of aromatic nitrogens is 2. The van der Waals surface area contributed by atoms with E-state index in [0.29, 0.717) is 18.4 Å². The molecule has 4 aromatic rings. The SMILES string of the molecule is CCC.C[C@@H](c1ccc(F)c(F)c1)n1cccc(C=O)c1=O.O=C(O)c1cccn(Cc2ccccc2)c1=O. The van der Waals surface area contributed by atoms with Gasteiger partial charge in [0.15, 0.2) is 17.9 Å². The summed E-state index contributed by atoms with van der Waals surface area (Å²) in [7, 11) is 0. The van der Waals surface area contributed by atoms with Gasteiger partial charge in [0.05, 0.1) is 18.2 Å². The lowest BCUT2D eigenvalue weighted by Crippen LogP contribution is -2.26. The van der Waals surface area contributed by atoms with Crippen LogP contribution in [0.4, 0.5) is 8.78 Å². The maximum absolute atomic E-state index is 13.2. The minimum atomic E-state index is -1.20. The van der Waals surface area contributed by atoms with Gasteiger partial charge in [0, 0.05) is 12.4 Å². The van der Waals surface area contributed by atoms with Gasteiger partial charge in [0.2, 0.25) is 0 Å². The molecule has 2 aromatic heterocycles. The predicted molar refractivity (Wildman–Crippen MR) is 145 cm³/mol. The highest BCUT2D eigenvalue weighted by atomic mass is 19.2. The number of halogens is 2. The van der Waals surface area contributed by atoms with Crippen LogP contribution in [-0.4, -0.2) is 26.5 Å². The summed E-state index contributed by atoms with van der Waals surface area (Å²) < 4.78 is 28.7. The molecule has 0 saturated heterocycles. The second-order valence-corrected chi connectivity index (χ2v) is 8.50. The normalized spacial score (nSPS) is 10.8. The topological polar surface area (TPSA) is 98.4 Å². The second-order valence-electron chi connectivity index (χ2n) is 8.50. The Kier molecular flexibility index (Phi) is 11.7. The molecule has 0 aliphatic carbocycles. The van der Waals surface area contributed by atoms with Crippen molar-refractivity contribution in [2.24, 2.45) is 0 Å². The average Bonchev–Trinajstić information content (AvgIpc) is 2.92. The molecule has 39 heavy (non-hydrogen) atoms. The van der Waals surface area contributed by atoms with Crippen molar-refractivity contribution in [2.75, 3.05) is 0 Å². The quantitative estimate of drug-likeness (QED) is 0.326. The maximum Gasteiger partial charge on any atom is 0.341 e. The van der Waals surface area contributed by atoms with Gasteiger partial charge in [0.25, 0.3) is 11.1 Å². The van der Waals surface area contributed by atoms with Crippen molar-refractivity contribution < 1.29 is 23.5 Å². The zero-order chi connectivity index (χ0) is 28.9. The van der Waals surface area contributed by atoms with Gasteiger partial charge in [-0.1, -0.05) is 56.7 Å². The van der Waals surface area contributed by atoms with E-state index >= 15 is 0 Å². The monoisotopic (exact) mass is 536 g/mol. The molecular formula is C30H30F2N2O5. The number of hydrogen-bond acceptors (Lipinski definition) is 4. The highest BCUT2D eigenvalue weighted by molar-refractivity contribution is 5.87. The van der Waals surface area contributed by atoms with E-state index in [0.717, 1.165) is 17.7 Å². The van der Waals surface area contributed by atoms with Crippen LogP contribution in [0.2, 0.25) is 0 Å². The fourth-order valence-corrected chi connectivity index (χ4v) is 3.46. The summed E-state index contributed by atoms with van der Waals surface area (Å²) in [5, 5.41) is 8.84.